The Kier molecular flexibility index (Phi) is 4.66. The number of halogens is 3. The van der Waals surface area contributed by atoms with Crippen LogP contribution in [0.5, 0.6) is 11.5 Å². The van der Waals surface area contributed by atoms with Crippen molar-refractivity contribution in [2.24, 2.45) is 0 Å². The smallest absolute Gasteiger partial charge is 0.179 e. The van der Waals surface area contributed by atoms with Crippen molar-refractivity contribution >= 4 is 51.5 Å². The highest BCUT2D eigenvalue weighted by atomic mass is 127. The maximum absolute atomic E-state index is 6.23. The highest BCUT2D eigenvalue weighted by Gasteiger charge is 2.16. The van der Waals surface area contributed by atoms with Crippen LogP contribution in [0.2, 0.25) is 10.0 Å². The molecule has 0 atom stereocenters. The summed E-state index contributed by atoms with van der Waals surface area (Å²) in [6.45, 7) is 1.73. The fourth-order valence-corrected chi connectivity index (χ4v) is 3.45. The molecule has 1 heterocycles. The largest absolute Gasteiger partial charge is 0.486 e. The molecule has 0 saturated carbocycles. The van der Waals surface area contributed by atoms with Crippen molar-refractivity contribution in [1.82, 2.24) is 0 Å². The van der Waals surface area contributed by atoms with Crippen molar-refractivity contribution < 1.29 is 9.47 Å². The van der Waals surface area contributed by atoms with Crippen LogP contribution in [-0.2, 0) is 6.54 Å². The van der Waals surface area contributed by atoms with Crippen molar-refractivity contribution in [3.63, 3.8) is 0 Å². The first-order valence-corrected chi connectivity index (χ1v) is 8.24. The quantitative estimate of drug-likeness (QED) is 0.689. The van der Waals surface area contributed by atoms with E-state index < -0.39 is 0 Å². The van der Waals surface area contributed by atoms with Crippen molar-refractivity contribution in [1.29, 1.82) is 0 Å². The van der Waals surface area contributed by atoms with Gasteiger partial charge in [0.05, 0.1) is 5.02 Å². The third-order valence-corrected chi connectivity index (χ3v) is 4.48. The zero-order chi connectivity index (χ0) is 14.8. The zero-order valence-corrected chi connectivity index (χ0v) is 14.6. The van der Waals surface area contributed by atoms with Crippen LogP contribution in [0.1, 0.15) is 5.56 Å². The summed E-state index contributed by atoms with van der Waals surface area (Å²) in [7, 11) is 0. The number of ether oxygens (including phenoxy) is 2. The highest BCUT2D eigenvalue weighted by molar-refractivity contribution is 14.1. The molecule has 0 spiro atoms. The van der Waals surface area contributed by atoms with E-state index in [4.69, 9.17) is 32.7 Å². The second kappa shape index (κ2) is 6.50. The topological polar surface area (TPSA) is 30.5 Å². The highest BCUT2D eigenvalue weighted by Crippen LogP contribution is 2.38. The van der Waals surface area contributed by atoms with Crippen LogP contribution < -0.4 is 14.8 Å². The monoisotopic (exact) mass is 435 g/mol. The van der Waals surface area contributed by atoms with E-state index in [1.165, 1.54) is 0 Å². The lowest BCUT2D eigenvalue weighted by Gasteiger charge is -2.20. The van der Waals surface area contributed by atoms with E-state index in [-0.39, 0.29) is 0 Å². The Morgan fingerprint density at radius 3 is 2.71 bits per heavy atom. The average Bonchev–Trinajstić information content (AvgIpc) is 2.46. The molecule has 6 heteroatoms. The molecule has 0 fully saturated rings. The van der Waals surface area contributed by atoms with E-state index in [1.807, 2.05) is 30.3 Å². The van der Waals surface area contributed by atoms with Gasteiger partial charge in [-0.2, -0.15) is 0 Å². The van der Waals surface area contributed by atoms with Crippen molar-refractivity contribution in [2.45, 2.75) is 6.54 Å². The van der Waals surface area contributed by atoms with Crippen LogP contribution in [0.3, 0.4) is 0 Å². The molecule has 0 amide bonds. The van der Waals surface area contributed by atoms with Gasteiger partial charge in [-0.05, 0) is 58.5 Å². The summed E-state index contributed by atoms with van der Waals surface area (Å²) >= 11 is 14.4. The summed E-state index contributed by atoms with van der Waals surface area (Å²) in [6.07, 6.45) is 0. The van der Waals surface area contributed by atoms with Crippen molar-refractivity contribution in [3.8, 4) is 11.5 Å². The Hall–Kier alpha value is -0.850. The molecule has 2 aromatic carbocycles. The minimum Gasteiger partial charge on any atom is -0.486 e. The van der Waals surface area contributed by atoms with Crippen LogP contribution in [-0.4, -0.2) is 13.2 Å². The first-order chi connectivity index (χ1) is 10.1. The molecule has 0 saturated heterocycles. The summed E-state index contributed by atoms with van der Waals surface area (Å²) in [6, 6.07) is 9.59. The van der Waals surface area contributed by atoms with Gasteiger partial charge in [0.15, 0.2) is 11.5 Å². The van der Waals surface area contributed by atoms with Gasteiger partial charge < -0.3 is 14.8 Å². The molecular formula is C15H12Cl2INO2. The molecule has 2 aromatic rings. The summed E-state index contributed by atoms with van der Waals surface area (Å²) in [5.74, 6) is 1.34. The third-order valence-electron chi connectivity index (χ3n) is 3.07. The third kappa shape index (κ3) is 3.49. The van der Waals surface area contributed by atoms with Crippen LogP contribution in [0, 0.1) is 3.57 Å². The summed E-state index contributed by atoms with van der Waals surface area (Å²) < 4.78 is 12.2. The summed E-state index contributed by atoms with van der Waals surface area (Å²) in [5.41, 5.74) is 2.07. The Morgan fingerprint density at radius 1 is 1.10 bits per heavy atom. The molecule has 3 rings (SSSR count). The molecule has 0 bridgehead atoms. The molecule has 1 aliphatic heterocycles. The SMILES string of the molecule is Clc1ccc(NCc2cc(Cl)c3c(c2)OCCO3)c(I)c1. The molecule has 0 aliphatic carbocycles. The Labute approximate surface area is 146 Å². The van der Waals surface area contributed by atoms with Gasteiger partial charge in [0.1, 0.15) is 13.2 Å². The van der Waals surface area contributed by atoms with Gasteiger partial charge >= 0.3 is 0 Å². The minimum atomic E-state index is 0.535. The van der Waals surface area contributed by atoms with Crippen molar-refractivity contribution in [3.05, 3.63) is 49.5 Å². The van der Waals surface area contributed by atoms with Gasteiger partial charge in [0.2, 0.25) is 0 Å². The number of rotatable bonds is 3. The first kappa shape index (κ1) is 15.1. The van der Waals surface area contributed by atoms with Crippen molar-refractivity contribution in [2.75, 3.05) is 18.5 Å². The minimum absolute atomic E-state index is 0.535. The molecule has 3 nitrogen and oxygen atoms in total. The number of benzene rings is 2. The van der Waals surface area contributed by atoms with Crippen LogP contribution >= 0.6 is 45.8 Å². The maximum atomic E-state index is 6.23. The average molecular weight is 436 g/mol. The normalized spacial score (nSPS) is 13.1. The van der Waals surface area contributed by atoms with Crippen LogP contribution in [0.15, 0.2) is 30.3 Å². The standard InChI is InChI=1S/C15H12Cl2INO2/c16-10-1-2-13(12(18)7-10)19-8-9-5-11(17)15-14(6-9)20-3-4-21-15/h1-2,5-7,19H,3-4,8H2. The van der Waals surface area contributed by atoms with Gasteiger partial charge in [-0.1, -0.05) is 23.2 Å². The lowest BCUT2D eigenvalue weighted by atomic mass is 10.2. The number of hydrogen-bond donors (Lipinski definition) is 1. The van der Waals surface area contributed by atoms with Crippen LogP contribution in [0.4, 0.5) is 5.69 Å². The van der Waals surface area contributed by atoms with E-state index in [2.05, 4.69) is 27.9 Å². The lowest BCUT2D eigenvalue weighted by molar-refractivity contribution is 0.171. The van der Waals surface area contributed by atoms with Crippen LogP contribution in [0.25, 0.3) is 0 Å². The molecule has 0 radical (unpaired) electrons. The molecule has 0 aromatic heterocycles. The van der Waals surface area contributed by atoms with Gasteiger partial charge in [0.25, 0.3) is 0 Å². The van der Waals surface area contributed by atoms with Gasteiger partial charge in [0, 0.05) is 20.8 Å². The lowest BCUT2D eigenvalue weighted by Crippen LogP contribution is -2.16. The first-order valence-electron chi connectivity index (χ1n) is 6.40. The molecular weight excluding hydrogens is 424 g/mol. The van der Waals surface area contributed by atoms with Gasteiger partial charge in [-0.15, -0.1) is 0 Å². The number of nitrogens with one attached hydrogen (secondary N) is 1. The fourth-order valence-electron chi connectivity index (χ4n) is 2.10. The molecule has 21 heavy (non-hydrogen) atoms. The molecule has 0 unspecified atom stereocenters. The number of hydrogen-bond acceptors (Lipinski definition) is 3. The number of anilines is 1. The fraction of sp³-hybridized carbons (Fsp3) is 0.200. The Morgan fingerprint density at radius 2 is 1.90 bits per heavy atom. The summed E-state index contributed by atoms with van der Waals surface area (Å²) in [5, 5.41) is 4.68. The second-order valence-corrected chi connectivity index (χ2v) is 6.59. The van der Waals surface area contributed by atoms with E-state index in [1.54, 1.807) is 0 Å². The molecule has 1 N–H and O–H groups in total. The zero-order valence-electron chi connectivity index (χ0n) is 11.0. The Bertz CT molecular complexity index is 679. The van der Waals surface area contributed by atoms with E-state index in [9.17, 15) is 0 Å². The predicted octanol–water partition coefficient (Wildman–Crippen LogP) is 4.98. The van der Waals surface area contributed by atoms with E-state index in [0.717, 1.165) is 19.8 Å². The van der Waals surface area contributed by atoms with Gasteiger partial charge in [-0.3, -0.25) is 0 Å². The predicted molar refractivity (Wildman–Crippen MR) is 93.9 cm³/mol. The Balaban J connectivity index is 1.77. The maximum Gasteiger partial charge on any atom is 0.179 e. The van der Waals surface area contributed by atoms with E-state index >= 15 is 0 Å². The number of fused-ring (bicyclic) bond motifs is 1. The molecule has 110 valence electrons. The molecule has 1 aliphatic rings. The summed E-state index contributed by atoms with van der Waals surface area (Å²) in [4.78, 5) is 0. The van der Waals surface area contributed by atoms with Gasteiger partial charge in [-0.25, -0.2) is 0 Å². The second-order valence-electron chi connectivity index (χ2n) is 4.58. The van der Waals surface area contributed by atoms with E-state index in [0.29, 0.717) is 36.3 Å².